The van der Waals surface area contributed by atoms with Crippen LogP contribution in [0.4, 0.5) is 0 Å². The average Bonchev–Trinajstić information content (AvgIpc) is 2.50. The molecule has 3 N–H and O–H groups in total. The molecule has 0 amide bonds. The molecule has 0 aromatic heterocycles. The van der Waals surface area contributed by atoms with Crippen LogP contribution in [0.5, 0.6) is 0 Å². The van der Waals surface area contributed by atoms with Crippen LogP contribution in [0, 0.1) is 0 Å². The van der Waals surface area contributed by atoms with Crippen molar-refractivity contribution in [2.75, 3.05) is 5.75 Å². The molecule has 4 nitrogen and oxygen atoms in total. The summed E-state index contributed by atoms with van der Waals surface area (Å²) in [6, 6.07) is 10.7. The van der Waals surface area contributed by atoms with Crippen LogP contribution in [0.3, 0.4) is 0 Å². The van der Waals surface area contributed by atoms with Crippen molar-refractivity contribution in [1.29, 1.82) is 0 Å². The van der Waals surface area contributed by atoms with Crippen LogP contribution in [0.25, 0.3) is 10.8 Å². The van der Waals surface area contributed by atoms with E-state index in [9.17, 15) is 9.59 Å². The second-order valence-electron chi connectivity index (χ2n) is 4.83. The molecule has 0 bridgehead atoms. The van der Waals surface area contributed by atoms with Crippen molar-refractivity contribution < 1.29 is 14.7 Å². The minimum Gasteiger partial charge on any atom is -0.480 e. The molecule has 0 aliphatic carbocycles. The van der Waals surface area contributed by atoms with E-state index < -0.39 is 12.0 Å². The summed E-state index contributed by atoms with van der Waals surface area (Å²) in [7, 11) is 0. The number of aliphatic carboxylic acids is 1. The number of rotatable bonds is 5. The van der Waals surface area contributed by atoms with Crippen LogP contribution in [-0.2, 0) is 9.59 Å². The lowest BCUT2D eigenvalue weighted by Gasteiger charge is -2.12. The molecule has 0 spiro atoms. The van der Waals surface area contributed by atoms with Crippen molar-refractivity contribution in [3.8, 4) is 0 Å². The first-order valence-electron chi connectivity index (χ1n) is 6.75. The first kappa shape index (κ1) is 17.9. The molecule has 2 rings (SSSR count). The molecule has 0 saturated heterocycles. The van der Waals surface area contributed by atoms with Crippen LogP contribution in [0.15, 0.2) is 41.3 Å². The van der Waals surface area contributed by atoms with Gasteiger partial charge in [0.15, 0.2) is 5.12 Å². The highest BCUT2D eigenvalue weighted by Crippen LogP contribution is 2.31. The number of carboxylic acids is 1. The summed E-state index contributed by atoms with van der Waals surface area (Å²) in [5.74, 6) is -0.873. The molecule has 0 saturated carbocycles. The zero-order valence-electron chi connectivity index (χ0n) is 12.3. The lowest BCUT2D eigenvalue weighted by Crippen LogP contribution is -2.32. The Kier molecular flexibility index (Phi) is 6.17. The van der Waals surface area contributed by atoms with Gasteiger partial charge < -0.3 is 10.8 Å². The van der Waals surface area contributed by atoms with E-state index in [1.54, 1.807) is 0 Å². The van der Waals surface area contributed by atoms with Crippen molar-refractivity contribution in [1.82, 2.24) is 0 Å². The van der Waals surface area contributed by atoms with E-state index in [1.165, 1.54) is 18.7 Å². The van der Waals surface area contributed by atoms with E-state index in [2.05, 4.69) is 0 Å². The zero-order valence-corrected chi connectivity index (χ0v) is 14.8. The summed E-state index contributed by atoms with van der Waals surface area (Å²) in [5, 5.41) is 10.9. The number of carbonyl (C=O) groups excluding carboxylic acids is 1. The smallest absolute Gasteiger partial charge is 0.321 e. The number of carboxylic acid groups (broad SMARTS) is 1. The fourth-order valence-electron chi connectivity index (χ4n) is 1.93. The average molecular weight is 366 g/mol. The number of carbonyl (C=O) groups is 2. The van der Waals surface area contributed by atoms with Gasteiger partial charge in [-0.1, -0.05) is 48.2 Å². The number of fused-ring (bicyclic) bond motifs is 1. The van der Waals surface area contributed by atoms with Crippen LogP contribution in [0.1, 0.15) is 12.5 Å². The van der Waals surface area contributed by atoms with Crippen LogP contribution >= 0.6 is 35.7 Å². The van der Waals surface area contributed by atoms with Gasteiger partial charge in [-0.2, -0.15) is 0 Å². The maximum atomic E-state index is 11.5. The Balaban J connectivity index is 2.34. The third-order valence-electron chi connectivity index (χ3n) is 3.03. The van der Waals surface area contributed by atoms with Gasteiger partial charge in [-0.05, 0) is 22.9 Å². The van der Waals surface area contributed by atoms with Gasteiger partial charge >= 0.3 is 5.97 Å². The fourth-order valence-corrected chi connectivity index (χ4v) is 4.00. The minimum absolute atomic E-state index is 0.0310. The van der Waals surface area contributed by atoms with E-state index in [1.807, 2.05) is 36.4 Å². The highest BCUT2D eigenvalue weighted by Gasteiger charge is 2.16. The SMILES string of the molecule is CC(=O)Sc1cc2ccccc2cc1C(=S)SC[C@H](N)C(=O)O. The predicted octanol–water partition coefficient (Wildman–Crippen LogP) is 3.30. The van der Waals surface area contributed by atoms with Gasteiger partial charge in [-0.25, -0.2) is 0 Å². The Hall–Kier alpha value is -1.41. The molecular formula is C16H15NO3S3. The van der Waals surface area contributed by atoms with Crippen molar-refractivity contribution in [3.63, 3.8) is 0 Å². The normalized spacial score (nSPS) is 12.1. The molecule has 23 heavy (non-hydrogen) atoms. The summed E-state index contributed by atoms with van der Waals surface area (Å²) in [4.78, 5) is 23.1. The van der Waals surface area contributed by atoms with Gasteiger partial charge in [0, 0.05) is 23.1 Å². The highest BCUT2D eigenvalue weighted by atomic mass is 32.2. The molecule has 0 heterocycles. The lowest BCUT2D eigenvalue weighted by molar-refractivity contribution is -0.137. The molecule has 7 heteroatoms. The van der Waals surface area contributed by atoms with Crippen molar-refractivity contribution in [2.24, 2.45) is 5.73 Å². The molecule has 2 aromatic rings. The number of thioether (sulfide) groups is 2. The maximum absolute atomic E-state index is 11.5. The van der Waals surface area contributed by atoms with Gasteiger partial charge in [0.25, 0.3) is 0 Å². The summed E-state index contributed by atoms with van der Waals surface area (Å²) in [6.45, 7) is 1.50. The second kappa shape index (κ2) is 7.92. The van der Waals surface area contributed by atoms with Crippen molar-refractivity contribution >= 4 is 61.8 Å². The Morgan fingerprint density at radius 3 is 2.43 bits per heavy atom. The molecule has 0 aliphatic rings. The Morgan fingerprint density at radius 2 is 1.87 bits per heavy atom. The lowest BCUT2D eigenvalue weighted by atomic mass is 10.1. The summed E-state index contributed by atoms with van der Waals surface area (Å²) in [6.07, 6.45) is 0. The highest BCUT2D eigenvalue weighted by molar-refractivity contribution is 8.23. The zero-order chi connectivity index (χ0) is 17.0. The van der Waals surface area contributed by atoms with Gasteiger partial charge in [0.05, 0.1) is 4.20 Å². The maximum Gasteiger partial charge on any atom is 0.321 e. The number of thiocarbonyl (C=S) groups is 1. The van der Waals surface area contributed by atoms with E-state index in [4.69, 9.17) is 23.1 Å². The van der Waals surface area contributed by atoms with Crippen molar-refractivity contribution in [2.45, 2.75) is 17.9 Å². The molecule has 0 radical (unpaired) electrons. The van der Waals surface area contributed by atoms with E-state index >= 15 is 0 Å². The predicted molar refractivity (Wildman–Crippen MR) is 100 cm³/mol. The van der Waals surface area contributed by atoms with Crippen LogP contribution in [-0.4, -0.2) is 32.2 Å². The monoisotopic (exact) mass is 365 g/mol. The first-order valence-corrected chi connectivity index (χ1v) is 8.96. The van der Waals surface area contributed by atoms with Gasteiger partial charge in [-0.15, -0.1) is 11.8 Å². The summed E-state index contributed by atoms with van der Waals surface area (Å²) < 4.78 is 0.538. The van der Waals surface area contributed by atoms with Gasteiger partial charge in [-0.3, -0.25) is 9.59 Å². The topological polar surface area (TPSA) is 80.4 Å². The van der Waals surface area contributed by atoms with Crippen LogP contribution < -0.4 is 5.73 Å². The van der Waals surface area contributed by atoms with Gasteiger partial charge in [0.2, 0.25) is 0 Å². The Bertz CT molecular complexity index is 776. The number of nitrogens with two attached hydrogens (primary N) is 1. The fraction of sp³-hybridized carbons (Fsp3) is 0.188. The minimum atomic E-state index is -1.06. The number of hydrogen-bond acceptors (Lipinski definition) is 6. The quantitative estimate of drug-likeness (QED) is 0.621. The number of benzene rings is 2. The second-order valence-corrected chi connectivity index (χ2v) is 7.75. The Morgan fingerprint density at radius 1 is 1.26 bits per heavy atom. The third-order valence-corrected chi connectivity index (χ3v) is 5.46. The summed E-state index contributed by atoms with van der Waals surface area (Å²) in [5.41, 5.74) is 6.28. The first-order chi connectivity index (χ1) is 10.9. The van der Waals surface area contributed by atoms with Crippen molar-refractivity contribution in [3.05, 3.63) is 42.0 Å². The molecule has 0 aliphatic heterocycles. The summed E-state index contributed by atoms with van der Waals surface area (Å²) >= 11 is 7.76. The molecule has 120 valence electrons. The molecule has 0 fully saturated rings. The molecule has 2 aromatic carbocycles. The van der Waals surface area contributed by atoms with Gasteiger partial charge in [0.1, 0.15) is 6.04 Å². The van der Waals surface area contributed by atoms with E-state index in [-0.39, 0.29) is 10.9 Å². The van der Waals surface area contributed by atoms with E-state index in [0.29, 0.717) is 4.20 Å². The number of hydrogen-bond donors (Lipinski definition) is 2. The Labute approximate surface area is 147 Å². The third kappa shape index (κ3) is 4.78. The van der Waals surface area contributed by atoms with E-state index in [0.717, 1.165) is 33.0 Å². The molecule has 0 unspecified atom stereocenters. The molecule has 1 atom stereocenters. The molecular weight excluding hydrogens is 350 g/mol. The standard InChI is InChI=1S/C16H15NO3S3/c1-9(18)23-14-7-11-5-3-2-4-10(11)6-12(14)16(21)22-8-13(17)15(19)20/h2-7,13H,8,17H2,1H3,(H,19,20)/t13-/m0/s1. The van der Waals surface area contributed by atoms with Crippen LogP contribution in [0.2, 0.25) is 0 Å². The largest absolute Gasteiger partial charge is 0.480 e.